The maximum Gasteiger partial charge on any atom is 0.123 e. The van der Waals surface area contributed by atoms with E-state index in [-0.39, 0.29) is 0 Å². The highest BCUT2D eigenvalue weighted by Crippen LogP contribution is 2.24. The lowest BCUT2D eigenvalue weighted by molar-refractivity contribution is 0.289. The van der Waals surface area contributed by atoms with Crippen molar-refractivity contribution < 1.29 is 9.47 Å². The maximum absolute atomic E-state index is 6.09. The van der Waals surface area contributed by atoms with Gasteiger partial charge >= 0.3 is 0 Å². The summed E-state index contributed by atoms with van der Waals surface area (Å²) in [5, 5.41) is 0. The van der Waals surface area contributed by atoms with Crippen LogP contribution in [0.25, 0.3) is 0 Å². The molecule has 34 heavy (non-hydrogen) atoms. The van der Waals surface area contributed by atoms with Gasteiger partial charge in [-0.25, -0.2) is 0 Å². The number of benzene rings is 1. The minimum Gasteiger partial charge on any atom is -0.493 e. The standard InChI is InChI=1S/C32H58O2/c1-4-7-9-11-13-15-17-19-21-23-25-33-31-27-30(6-3)28-32(29-31)34-26-24-22-20-18-16-14-12-10-8-5-2/h27-29H,4-26H2,1-3H3. The van der Waals surface area contributed by atoms with Crippen LogP contribution >= 0.6 is 0 Å². The molecule has 0 atom stereocenters. The Morgan fingerprint density at radius 3 is 1.06 bits per heavy atom. The first-order valence-corrected chi connectivity index (χ1v) is 15.2. The Labute approximate surface area is 213 Å². The van der Waals surface area contributed by atoms with E-state index in [4.69, 9.17) is 9.47 Å². The monoisotopic (exact) mass is 474 g/mol. The molecule has 0 radical (unpaired) electrons. The fraction of sp³-hybridized carbons (Fsp3) is 0.812. The molecule has 0 aliphatic carbocycles. The van der Waals surface area contributed by atoms with Gasteiger partial charge in [-0.3, -0.25) is 0 Å². The van der Waals surface area contributed by atoms with Crippen LogP contribution in [-0.2, 0) is 6.42 Å². The summed E-state index contributed by atoms with van der Waals surface area (Å²) in [5.74, 6) is 1.96. The lowest BCUT2D eigenvalue weighted by atomic mass is 10.1. The van der Waals surface area contributed by atoms with Crippen molar-refractivity contribution in [2.24, 2.45) is 0 Å². The molecule has 0 N–H and O–H groups in total. The van der Waals surface area contributed by atoms with E-state index in [0.29, 0.717) is 0 Å². The van der Waals surface area contributed by atoms with Crippen LogP contribution in [-0.4, -0.2) is 13.2 Å². The fourth-order valence-corrected chi connectivity index (χ4v) is 4.56. The summed E-state index contributed by atoms with van der Waals surface area (Å²) in [6.45, 7) is 8.41. The van der Waals surface area contributed by atoms with Gasteiger partial charge in [-0.15, -0.1) is 0 Å². The van der Waals surface area contributed by atoms with Gasteiger partial charge in [0.25, 0.3) is 0 Å². The van der Waals surface area contributed by atoms with E-state index < -0.39 is 0 Å². The molecule has 0 amide bonds. The summed E-state index contributed by atoms with van der Waals surface area (Å²) >= 11 is 0. The molecule has 0 saturated carbocycles. The van der Waals surface area contributed by atoms with E-state index >= 15 is 0 Å². The zero-order valence-corrected chi connectivity index (χ0v) is 23.3. The molecule has 0 aliphatic rings. The van der Waals surface area contributed by atoms with Crippen LogP contribution in [0.4, 0.5) is 0 Å². The Morgan fingerprint density at radius 1 is 0.412 bits per heavy atom. The number of ether oxygens (including phenoxy) is 2. The van der Waals surface area contributed by atoms with Gasteiger partial charge in [0.15, 0.2) is 0 Å². The van der Waals surface area contributed by atoms with Gasteiger partial charge in [0.2, 0.25) is 0 Å². The molecule has 0 aromatic heterocycles. The predicted molar refractivity (Wildman–Crippen MR) is 150 cm³/mol. The third-order valence-electron chi connectivity index (χ3n) is 6.88. The van der Waals surface area contributed by atoms with Crippen molar-refractivity contribution in [1.82, 2.24) is 0 Å². The normalized spacial score (nSPS) is 11.1. The van der Waals surface area contributed by atoms with Crippen molar-refractivity contribution in [1.29, 1.82) is 0 Å². The second-order valence-corrected chi connectivity index (χ2v) is 10.2. The van der Waals surface area contributed by atoms with Gasteiger partial charge in [0.05, 0.1) is 13.2 Å². The Hall–Kier alpha value is -1.18. The molecule has 0 bridgehead atoms. The molecular weight excluding hydrogens is 416 g/mol. The quantitative estimate of drug-likeness (QED) is 0.131. The van der Waals surface area contributed by atoms with E-state index in [1.54, 1.807) is 0 Å². The second kappa shape index (κ2) is 23.6. The van der Waals surface area contributed by atoms with Crippen LogP contribution in [0.2, 0.25) is 0 Å². The highest BCUT2D eigenvalue weighted by molar-refractivity contribution is 5.38. The largest absolute Gasteiger partial charge is 0.493 e. The zero-order valence-electron chi connectivity index (χ0n) is 23.3. The summed E-state index contributed by atoms with van der Waals surface area (Å²) in [6.07, 6.45) is 28.2. The van der Waals surface area contributed by atoms with E-state index in [1.165, 1.54) is 121 Å². The Bertz CT molecular complexity index is 510. The van der Waals surface area contributed by atoms with Crippen molar-refractivity contribution in [2.75, 3.05) is 13.2 Å². The Morgan fingerprint density at radius 2 is 0.735 bits per heavy atom. The number of aryl methyl sites for hydroxylation is 1. The predicted octanol–water partition coefficient (Wildman–Crippen LogP) is 10.8. The fourth-order valence-electron chi connectivity index (χ4n) is 4.56. The third kappa shape index (κ3) is 18.2. The molecule has 0 spiro atoms. The molecule has 2 heteroatoms. The van der Waals surface area contributed by atoms with E-state index in [9.17, 15) is 0 Å². The second-order valence-electron chi connectivity index (χ2n) is 10.2. The Balaban J connectivity index is 2.10. The van der Waals surface area contributed by atoms with Gasteiger partial charge in [-0.05, 0) is 37.0 Å². The third-order valence-corrected chi connectivity index (χ3v) is 6.88. The van der Waals surface area contributed by atoms with Gasteiger partial charge in [0, 0.05) is 6.07 Å². The molecule has 0 saturated heterocycles. The lowest BCUT2D eigenvalue weighted by Gasteiger charge is -2.12. The first kappa shape index (κ1) is 30.9. The van der Waals surface area contributed by atoms with Crippen LogP contribution in [0, 0.1) is 0 Å². The summed E-state index contributed by atoms with van der Waals surface area (Å²) in [4.78, 5) is 0. The smallest absolute Gasteiger partial charge is 0.123 e. The molecule has 0 heterocycles. The van der Waals surface area contributed by atoms with Crippen molar-refractivity contribution >= 4 is 0 Å². The number of rotatable bonds is 25. The molecule has 1 aromatic rings. The number of hydrogen-bond acceptors (Lipinski definition) is 2. The SMILES string of the molecule is CCCCCCCCCCCCOc1cc(CC)cc(OCCCCCCCCCCCC)c1. The van der Waals surface area contributed by atoms with Crippen molar-refractivity contribution in [3.05, 3.63) is 23.8 Å². The number of unbranched alkanes of at least 4 members (excludes halogenated alkanes) is 18. The first-order valence-electron chi connectivity index (χ1n) is 15.2. The summed E-state index contributed by atoms with van der Waals surface area (Å²) in [6, 6.07) is 6.46. The van der Waals surface area contributed by atoms with Crippen molar-refractivity contribution in [3.63, 3.8) is 0 Å². The number of hydrogen-bond donors (Lipinski definition) is 0. The van der Waals surface area contributed by atoms with E-state index in [2.05, 4.69) is 39.0 Å². The minimum absolute atomic E-state index is 0.821. The minimum atomic E-state index is 0.821. The maximum atomic E-state index is 6.09. The summed E-state index contributed by atoms with van der Waals surface area (Å²) < 4.78 is 12.2. The summed E-state index contributed by atoms with van der Waals surface area (Å²) in [5.41, 5.74) is 1.30. The van der Waals surface area contributed by atoms with Gasteiger partial charge < -0.3 is 9.47 Å². The average molecular weight is 475 g/mol. The molecule has 0 fully saturated rings. The van der Waals surface area contributed by atoms with E-state index in [1.807, 2.05) is 0 Å². The molecular formula is C32H58O2. The van der Waals surface area contributed by atoms with Crippen molar-refractivity contribution in [3.8, 4) is 11.5 Å². The van der Waals surface area contributed by atoms with Crippen molar-refractivity contribution in [2.45, 2.75) is 156 Å². The van der Waals surface area contributed by atoms with Crippen LogP contribution in [0.5, 0.6) is 11.5 Å². The Kier molecular flexibility index (Phi) is 21.4. The highest BCUT2D eigenvalue weighted by Gasteiger charge is 2.03. The topological polar surface area (TPSA) is 18.5 Å². The van der Waals surface area contributed by atoms with Gasteiger partial charge in [-0.2, -0.15) is 0 Å². The van der Waals surface area contributed by atoms with Crippen LogP contribution in [0.1, 0.15) is 155 Å². The van der Waals surface area contributed by atoms with Gasteiger partial charge in [0.1, 0.15) is 11.5 Å². The van der Waals surface area contributed by atoms with Gasteiger partial charge in [-0.1, -0.05) is 136 Å². The van der Waals surface area contributed by atoms with Crippen LogP contribution in [0.3, 0.4) is 0 Å². The molecule has 1 aromatic carbocycles. The van der Waals surface area contributed by atoms with Crippen LogP contribution < -0.4 is 9.47 Å². The molecule has 2 nitrogen and oxygen atoms in total. The first-order chi connectivity index (χ1) is 16.8. The molecule has 0 unspecified atom stereocenters. The zero-order chi connectivity index (χ0) is 24.5. The van der Waals surface area contributed by atoms with Crippen LogP contribution in [0.15, 0.2) is 18.2 Å². The average Bonchev–Trinajstić information content (AvgIpc) is 2.85. The molecule has 1 rings (SSSR count). The highest BCUT2D eigenvalue weighted by atomic mass is 16.5. The molecule has 0 aliphatic heterocycles. The summed E-state index contributed by atoms with van der Waals surface area (Å²) in [7, 11) is 0. The molecule has 198 valence electrons. The lowest BCUT2D eigenvalue weighted by Crippen LogP contribution is -2.01. The van der Waals surface area contributed by atoms with E-state index in [0.717, 1.165) is 44.0 Å².